The molecule has 0 fully saturated rings. The van der Waals surface area contributed by atoms with Crippen LogP contribution in [0.1, 0.15) is 45.1 Å². The van der Waals surface area contributed by atoms with Crippen molar-refractivity contribution in [1.82, 2.24) is 0 Å². The number of amides is 1. The van der Waals surface area contributed by atoms with E-state index >= 15 is 0 Å². The summed E-state index contributed by atoms with van der Waals surface area (Å²) in [5, 5.41) is 2.89. The van der Waals surface area contributed by atoms with E-state index in [-0.39, 0.29) is 12.0 Å². The zero-order chi connectivity index (χ0) is 15.0. The highest BCUT2D eigenvalue weighted by atomic mass is 16.5. The van der Waals surface area contributed by atoms with Gasteiger partial charge in [0.05, 0.1) is 6.10 Å². The van der Waals surface area contributed by atoms with Gasteiger partial charge < -0.3 is 15.8 Å². The van der Waals surface area contributed by atoms with Crippen LogP contribution in [0.15, 0.2) is 18.2 Å². The Hall–Kier alpha value is -1.55. The molecule has 3 N–H and O–H groups in total. The van der Waals surface area contributed by atoms with Crippen LogP contribution in [0.5, 0.6) is 0 Å². The number of rotatable bonds is 8. The first-order valence-electron chi connectivity index (χ1n) is 7.30. The zero-order valence-corrected chi connectivity index (χ0v) is 12.7. The standard InChI is InChI=1S/C16H26N2O2/c1-4-6-13(3)20-10-5-7-16(19)18-15-11-14(17)9-8-12(15)2/h8-9,11,13H,4-7,10,17H2,1-3H3,(H,18,19). The lowest BCUT2D eigenvalue weighted by molar-refractivity contribution is -0.116. The molecule has 0 bridgehead atoms. The van der Waals surface area contributed by atoms with Crippen LogP contribution < -0.4 is 11.1 Å². The summed E-state index contributed by atoms with van der Waals surface area (Å²) >= 11 is 0. The minimum atomic E-state index is 0.00504. The molecule has 1 rings (SSSR count). The second-order valence-corrected chi connectivity index (χ2v) is 5.20. The average Bonchev–Trinajstić information content (AvgIpc) is 2.39. The number of carbonyl (C=O) groups is 1. The van der Waals surface area contributed by atoms with E-state index in [1.165, 1.54) is 0 Å². The van der Waals surface area contributed by atoms with Crippen LogP contribution in [0.4, 0.5) is 11.4 Å². The number of ether oxygens (including phenoxy) is 1. The number of aryl methyl sites for hydroxylation is 1. The Labute approximate surface area is 121 Å². The van der Waals surface area contributed by atoms with Crippen LogP contribution in [0, 0.1) is 6.92 Å². The first kappa shape index (κ1) is 16.5. The largest absolute Gasteiger partial charge is 0.399 e. The lowest BCUT2D eigenvalue weighted by Gasteiger charge is -2.12. The summed E-state index contributed by atoms with van der Waals surface area (Å²) in [6.45, 7) is 6.79. The van der Waals surface area contributed by atoms with Crippen LogP contribution in [0.2, 0.25) is 0 Å². The highest BCUT2D eigenvalue weighted by Crippen LogP contribution is 2.18. The number of hydrogen-bond donors (Lipinski definition) is 2. The van der Waals surface area contributed by atoms with Crippen molar-refractivity contribution < 1.29 is 9.53 Å². The van der Waals surface area contributed by atoms with Crippen molar-refractivity contribution in [3.8, 4) is 0 Å². The second kappa shape index (κ2) is 8.59. The summed E-state index contributed by atoms with van der Waals surface area (Å²) < 4.78 is 5.63. The quantitative estimate of drug-likeness (QED) is 0.565. The Morgan fingerprint density at radius 3 is 2.90 bits per heavy atom. The molecule has 1 aromatic carbocycles. The molecule has 0 aromatic heterocycles. The summed E-state index contributed by atoms with van der Waals surface area (Å²) in [5.41, 5.74) is 8.17. The smallest absolute Gasteiger partial charge is 0.224 e. The van der Waals surface area contributed by atoms with Gasteiger partial charge >= 0.3 is 0 Å². The average molecular weight is 278 g/mol. The number of hydrogen-bond acceptors (Lipinski definition) is 3. The van der Waals surface area contributed by atoms with E-state index in [2.05, 4.69) is 19.2 Å². The molecule has 0 aliphatic carbocycles. The van der Waals surface area contributed by atoms with Gasteiger partial charge in [-0.3, -0.25) is 4.79 Å². The Morgan fingerprint density at radius 2 is 2.20 bits per heavy atom. The topological polar surface area (TPSA) is 64.3 Å². The van der Waals surface area contributed by atoms with E-state index in [1.807, 2.05) is 19.1 Å². The Balaban J connectivity index is 2.28. The highest BCUT2D eigenvalue weighted by molar-refractivity contribution is 5.91. The van der Waals surface area contributed by atoms with Gasteiger partial charge in [-0.2, -0.15) is 0 Å². The molecule has 0 spiro atoms. The van der Waals surface area contributed by atoms with Crippen molar-refractivity contribution in [2.45, 2.75) is 52.6 Å². The number of anilines is 2. The van der Waals surface area contributed by atoms with Crippen LogP contribution >= 0.6 is 0 Å². The molecule has 1 atom stereocenters. The van der Waals surface area contributed by atoms with E-state index < -0.39 is 0 Å². The fourth-order valence-corrected chi connectivity index (χ4v) is 1.99. The van der Waals surface area contributed by atoms with Gasteiger partial charge in [-0.25, -0.2) is 0 Å². The zero-order valence-electron chi connectivity index (χ0n) is 12.7. The van der Waals surface area contributed by atoms with Crippen LogP contribution in [-0.2, 0) is 9.53 Å². The normalized spacial score (nSPS) is 12.2. The van der Waals surface area contributed by atoms with Crippen molar-refractivity contribution in [1.29, 1.82) is 0 Å². The minimum Gasteiger partial charge on any atom is -0.399 e. The summed E-state index contributed by atoms with van der Waals surface area (Å²) in [5.74, 6) is 0.00504. The minimum absolute atomic E-state index is 0.00504. The number of carbonyl (C=O) groups excluding carboxylic acids is 1. The molecule has 0 saturated carbocycles. The molecule has 0 radical (unpaired) electrons. The Bertz CT molecular complexity index is 432. The monoisotopic (exact) mass is 278 g/mol. The first-order chi connectivity index (χ1) is 9.52. The lowest BCUT2D eigenvalue weighted by Crippen LogP contribution is -2.15. The molecular weight excluding hydrogens is 252 g/mol. The third-order valence-electron chi connectivity index (χ3n) is 3.18. The fourth-order valence-electron chi connectivity index (χ4n) is 1.99. The lowest BCUT2D eigenvalue weighted by atomic mass is 10.1. The maximum atomic E-state index is 11.8. The molecule has 0 saturated heterocycles. The van der Waals surface area contributed by atoms with E-state index in [4.69, 9.17) is 10.5 Å². The number of benzene rings is 1. The summed E-state index contributed by atoms with van der Waals surface area (Å²) in [4.78, 5) is 11.8. The van der Waals surface area contributed by atoms with Gasteiger partial charge in [0.2, 0.25) is 5.91 Å². The molecule has 1 aromatic rings. The molecule has 1 unspecified atom stereocenters. The van der Waals surface area contributed by atoms with Crippen LogP contribution in [0.3, 0.4) is 0 Å². The third-order valence-corrected chi connectivity index (χ3v) is 3.18. The van der Waals surface area contributed by atoms with Gasteiger partial charge in [-0.15, -0.1) is 0 Å². The highest BCUT2D eigenvalue weighted by Gasteiger charge is 2.06. The van der Waals surface area contributed by atoms with Gasteiger partial charge in [-0.05, 0) is 44.4 Å². The SMILES string of the molecule is CCCC(C)OCCCC(=O)Nc1cc(N)ccc1C. The van der Waals surface area contributed by atoms with Gasteiger partial charge in [0.25, 0.3) is 0 Å². The van der Waals surface area contributed by atoms with Gasteiger partial charge in [-0.1, -0.05) is 19.4 Å². The summed E-state index contributed by atoms with van der Waals surface area (Å²) in [6, 6.07) is 5.52. The molecule has 0 aliphatic heterocycles. The van der Waals surface area contributed by atoms with Gasteiger partial charge in [0.15, 0.2) is 0 Å². The molecule has 4 nitrogen and oxygen atoms in total. The number of nitrogen functional groups attached to an aromatic ring is 1. The first-order valence-corrected chi connectivity index (χ1v) is 7.30. The molecular formula is C16H26N2O2. The van der Waals surface area contributed by atoms with Crippen LogP contribution in [-0.4, -0.2) is 18.6 Å². The van der Waals surface area contributed by atoms with E-state index in [0.717, 1.165) is 30.5 Å². The maximum Gasteiger partial charge on any atom is 0.224 e. The predicted octanol–water partition coefficient (Wildman–Crippen LogP) is 3.50. The van der Waals surface area contributed by atoms with Crippen molar-refractivity contribution in [2.75, 3.05) is 17.7 Å². The Kier molecular flexibility index (Phi) is 7.09. The van der Waals surface area contributed by atoms with Gasteiger partial charge in [0, 0.05) is 24.4 Å². The van der Waals surface area contributed by atoms with Crippen molar-refractivity contribution in [3.63, 3.8) is 0 Å². The van der Waals surface area contributed by atoms with Crippen molar-refractivity contribution in [3.05, 3.63) is 23.8 Å². The predicted molar refractivity (Wildman–Crippen MR) is 83.8 cm³/mol. The third kappa shape index (κ3) is 6.06. The second-order valence-electron chi connectivity index (χ2n) is 5.20. The number of nitrogens with one attached hydrogen (secondary N) is 1. The molecule has 0 aliphatic rings. The Morgan fingerprint density at radius 1 is 1.45 bits per heavy atom. The number of nitrogens with two attached hydrogens (primary N) is 1. The molecule has 4 heteroatoms. The summed E-state index contributed by atoms with van der Waals surface area (Å²) in [7, 11) is 0. The maximum absolute atomic E-state index is 11.8. The van der Waals surface area contributed by atoms with Crippen molar-refractivity contribution in [2.24, 2.45) is 0 Å². The van der Waals surface area contributed by atoms with E-state index in [0.29, 0.717) is 18.7 Å². The van der Waals surface area contributed by atoms with E-state index in [1.54, 1.807) is 6.07 Å². The molecule has 1 amide bonds. The van der Waals surface area contributed by atoms with Crippen molar-refractivity contribution >= 4 is 17.3 Å². The molecule has 112 valence electrons. The molecule has 20 heavy (non-hydrogen) atoms. The fraction of sp³-hybridized carbons (Fsp3) is 0.562. The summed E-state index contributed by atoms with van der Waals surface area (Å²) in [6.07, 6.45) is 3.67. The van der Waals surface area contributed by atoms with Crippen LogP contribution in [0.25, 0.3) is 0 Å². The van der Waals surface area contributed by atoms with Gasteiger partial charge in [0.1, 0.15) is 0 Å². The van der Waals surface area contributed by atoms with E-state index in [9.17, 15) is 4.79 Å². The molecule has 0 heterocycles.